The molecule has 0 bridgehead atoms. The molecule has 2 amide bonds. The molecule has 146 valence electrons. The molecule has 2 aromatic rings. The molecule has 4 rings (SSSR count). The van der Waals surface area contributed by atoms with E-state index in [1.165, 1.54) is 19.9 Å². The van der Waals surface area contributed by atoms with Crippen LogP contribution in [0.1, 0.15) is 25.0 Å². The van der Waals surface area contributed by atoms with Gasteiger partial charge >= 0.3 is 0 Å². The summed E-state index contributed by atoms with van der Waals surface area (Å²) in [6, 6.07) is 10.1. The van der Waals surface area contributed by atoms with Crippen molar-refractivity contribution in [2.45, 2.75) is 31.6 Å². The van der Waals surface area contributed by atoms with Crippen LogP contribution in [0.4, 0.5) is 17.1 Å². The molecule has 28 heavy (non-hydrogen) atoms. The second-order valence-electron chi connectivity index (χ2n) is 7.08. The lowest BCUT2D eigenvalue weighted by Gasteiger charge is -2.17. The van der Waals surface area contributed by atoms with E-state index in [4.69, 9.17) is 0 Å². The average molecular weight is 399 g/mol. The summed E-state index contributed by atoms with van der Waals surface area (Å²) in [5, 5.41) is 0. The fraction of sp³-hybridized carbons (Fsp3) is 0.300. The van der Waals surface area contributed by atoms with Gasteiger partial charge in [0.15, 0.2) is 0 Å². The molecule has 2 aliphatic heterocycles. The van der Waals surface area contributed by atoms with Gasteiger partial charge in [-0.2, -0.15) is 0 Å². The minimum Gasteiger partial charge on any atom is -0.312 e. The van der Waals surface area contributed by atoms with Crippen molar-refractivity contribution < 1.29 is 18.0 Å². The van der Waals surface area contributed by atoms with Gasteiger partial charge in [0.25, 0.3) is 10.0 Å². The Hall–Kier alpha value is -2.87. The molecule has 0 fully saturated rings. The summed E-state index contributed by atoms with van der Waals surface area (Å²) in [5.74, 6) is -0.118. The second-order valence-corrected chi connectivity index (χ2v) is 8.76. The molecule has 2 aromatic carbocycles. The maximum atomic E-state index is 12.9. The van der Waals surface area contributed by atoms with Crippen LogP contribution in [-0.4, -0.2) is 33.3 Å². The maximum absolute atomic E-state index is 12.9. The molecule has 0 unspecified atom stereocenters. The number of sulfonamides is 1. The van der Waals surface area contributed by atoms with Gasteiger partial charge in [-0.25, -0.2) is 8.42 Å². The van der Waals surface area contributed by atoms with Gasteiger partial charge in [0, 0.05) is 38.3 Å². The average Bonchev–Trinajstić information content (AvgIpc) is 3.24. The van der Waals surface area contributed by atoms with Crippen molar-refractivity contribution in [3.63, 3.8) is 0 Å². The second kappa shape index (κ2) is 6.63. The summed E-state index contributed by atoms with van der Waals surface area (Å²) in [6.07, 6.45) is 1.39. The van der Waals surface area contributed by atoms with Gasteiger partial charge in [-0.05, 0) is 54.3 Å². The van der Waals surface area contributed by atoms with E-state index in [0.717, 1.165) is 28.9 Å². The van der Waals surface area contributed by atoms with Gasteiger partial charge in [-0.1, -0.05) is 6.07 Å². The minimum absolute atomic E-state index is 0.0550. The van der Waals surface area contributed by atoms with Crippen molar-refractivity contribution in [1.82, 2.24) is 0 Å². The molecule has 0 spiro atoms. The Bertz CT molecular complexity index is 1090. The number of hydrogen-bond donors (Lipinski definition) is 1. The van der Waals surface area contributed by atoms with Gasteiger partial charge in [-0.3, -0.25) is 14.3 Å². The minimum atomic E-state index is -3.78. The Morgan fingerprint density at radius 1 is 0.857 bits per heavy atom. The topological polar surface area (TPSA) is 86.8 Å². The van der Waals surface area contributed by atoms with Crippen molar-refractivity contribution in [3.05, 3.63) is 47.5 Å². The summed E-state index contributed by atoms with van der Waals surface area (Å²) >= 11 is 0. The Kier molecular flexibility index (Phi) is 4.38. The molecule has 1 N–H and O–H groups in total. The first-order chi connectivity index (χ1) is 13.3. The van der Waals surface area contributed by atoms with Gasteiger partial charge in [0.2, 0.25) is 11.8 Å². The molecule has 0 radical (unpaired) electrons. The number of nitrogens with one attached hydrogen (secondary N) is 1. The largest absolute Gasteiger partial charge is 0.312 e. The lowest BCUT2D eigenvalue weighted by atomic mass is 10.1. The van der Waals surface area contributed by atoms with Crippen molar-refractivity contribution in [3.8, 4) is 0 Å². The van der Waals surface area contributed by atoms with Crippen LogP contribution in [0.3, 0.4) is 0 Å². The molecule has 7 nitrogen and oxygen atoms in total. The number of carbonyl (C=O) groups is 2. The highest BCUT2D eigenvalue weighted by Gasteiger charge is 2.26. The van der Waals surface area contributed by atoms with Gasteiger partial charge in [-0.15, -0.1) is 0 Å². The number of hydrogen-bond acceptors (Lipinski definition) is 4. The Balaban J connectivity index is 1.62. The third kappa shape index (κ3) is 3.13. The number of rotatable bonds is 3. The quantitative estimate of drug-likeness (QED) is 0.858. The van der Waals surface area contributed by atoms with E-state index in [1.54, 1.807) is 34.1 Å². The van der Waals surface area contributed by atoms with Gasteiger partial charge < -0.3 is 9.80 Å². The van der Waals surface area contributed by atoms with E-state index < -0.39 is 10.0 Å². The van der Waals surface area contributed by atoms with Crippen LogP contribution in [0.25, 0.3) is 0 Å². The lowest BCUT2D eigenvalue weighted by molar-refractivity contribution is -0.117. The number of anilines is 3. The molecule has 0 saturated heterocycles. The summed E-state index contributed by atoms with van der Waals surface area (Å²) in [6.45, 7) is 4.17. The lowest BCUT2D eigenvalue weighted by Crippen LogP contribution is -2.26. The molecule has 0 atom stereocenters. The smallest absolute Gasteiger partial charge is 0.261 e. The van der Waals surface area contributed by atoms with E-state index in [0.29, 0.717) is 25.2 Å². The monoisotopic (exact) mass is 399 g/mol. The molecule has 8 heteroatoms. The summed E-state index contributed by atoms with van der Waals surface area (Å²) < 4.78 is 28.3. The van der Waals surface area contributed by atoms with Crippen molar-refractivity contribution in [2.75, 3.05) is 27.6 Å². The first-order valence-corrected chi connectivity index (χ1v) is 10.6. The Morgan fingerprint density at radius 3 is 2.18 bits per heavy atom. The predicted molar refractivity (Wildman–Crippen MR) is 107 cm³/mol. The highest BCUT2D eigenvalue weighted by Crippen LogP contribution is 2.33. The van der Waals surface area contributed by atoms with E-state index in [1.807, 2.05) is 6.07 Å². The van der Waals surface area contributed by atoms with Crippen LogP contribution < -0.4 is 14.5 Å². The normalized spacial score (nSPS) is 15.4. The van der Waals surface area contributed by atoms with Gasteiger partial charge in [0.1, 0.15) is 0 Å². The van der Waals surface area contributed by atoms with Crippen molar-refractivity contribution in [2.24, 2.45) is 0 Å². The highest BCUT2D eigenvalue weighted by molar-refractivity contribution is 7.92. The zero-order valence-corrected chi connectivity index (χ0v) is 16.5. The number of benzene rings is 2. The predicted octanol–water partition coefficient (Wildman–Crippen LogP) is 2.31. The fourth-order valence-electron chi connectivity index (χ4n) is 3.86. The number of amides is 2. The Labute approximate surface area is 164 Å². The van der Waals surface area contributed by atoms with Crippen LogP contribution in [0, 0.1) is 0 Å². The molecular formula is C20H21N3O4S. The molecule has 2 aliphatic rings. The van der Waals surface area contributed by atoms with Crippen LogP contribution in [-0.2, 0) is 32.5 Å². The summed E-state index contributed by atoms with van der Waals surface area (Å²) in [4.78, 5) is 26.9. The van der Waals surface area contributed by atoms with E-state index >= 15 is 0 Å². The van der Waals surface area contributed by atoms with E-state index in [-0.39, 0.29) is 16.7 Å². The standard InChI is InChI=1S/C20H21N3O4S/c1-13(24)22-10-8-16-11-18(5-6-19(16)22)28(26,27)21-17-4-3-15-7-9-23(14(2)25)20(15)12-17/h3-6,11-12,21H,7-10H2,1-2H3. The van der Waals surface area contributed by atoms with Gasteiger partial charge in [0.05, 0.1) is 10.6 Å². The fourth-order valence-corrected chi connectivity index (χ4v) is 4.96. The highest BCUT2D eigenvalue weighted by atomic mass is 32.2. The zero-order chi connectivity index (χ0) is 20.1. The van der Waals surface area contributed by atoms with E-state index in [2.05, 4.69) is 4.72 Å². The van der Waals surface area contributed by atoms with Crippen LogP contribution in [0.2, 0.25) is 0 Å². The number of carbonyl (C=O) groups excluding carboxylic acids is 2. The van der Waals surface area contributed by atoms with Crippen LogP contribution in [0.15, 0.2) is 41.3 Å². The zero-order valence-electron chi connectivity index (χ0n) is 15.7. The SMILES string of the molecule is CC(=O)N1CCc2cc(S(=O)(=O)Nc3ccc4c(c3)N(C(C)=O)CC4)ccc21. The van der Waals surface area contributed by atoms with Crippen LogP contribution in [0.5, 0.6) is 0 Å². The third-order valence-corrected chi connectivity index (χ3v) is 6.63. The number of nitrogens with zero attached hydrogens (tertiary/aromatic N) is 2. The molecule has 0 saturated carbocycles. The molecular weight excluding hydrogens is 378 g/mol. The summed E-state index contributed by atoms with van der Waals surface area (Å²) in [5.41, 5.74) is 3.80. The summed E-state index contributed by atoms with van der Waals surface area (Å²) in [7, 11) is -3.78. The number of fused-ring (bicyclic) bond motifs is 2. The molecule has 0 aliphatic carbocycles. The third-order valence-electron chi connectivity index (χ3n) is 5.25. The van der Waals surface area contributed by atoms with Crippen LogP contribution >= 0.6 is 0 Å². The molecule has 0 aromatic heterocycles. The first kappa shape index (κ1) is 18.5. The van der Waals surface area contributed by atoms with Crippen molar-refractivity contribution in [1.29, 1.82) is 0 Å². The van der Waals surface area contributed by atoms with E-state index in [9.17, 15) is 18.0 Å². The van der Waals surface area contributed by atoms with Crippen molar-refractivity contribution >= 4 is 38.9 Å². The Morgan fingerprint density at radius 2 is 1.50 bits per heavy atom. The first-order valence-electron chi connectivity index (χ1n) is 9.11. The maximum Gasteiger partial charge on any atom is 0.261 e. The molecule has 2 heterocycles.